The monoisotopic (exact) mass is 226 g/mol. The molecule has 0 aliphatic heterocycles. The van der Waals surface area contributed by atoms with Gasteiger partial charge in [0.1, 0.15) is 0 Å². The van der Waals surface area contributed by atoms with E-state index in [0.717, 1.165) is 6.42 Å². The predicted octanol–water partition coefficient (Wildman–Crippen LogP) is 4.68. The molecule has 1 heterocycles. The molecule has 0 fully saturated rings. The molecule has 0 spiro atoms. The molecular formula is C15H14S. The van der Waals surface area contributed by atoms with Gasteiger partial charge < -0.3 is 0 Å². The van der Waals surface area contributed by atoms with E-state index in [0.29, 0.717) is 0 Å². The normalized spacial score (nSPS) is 13.8. The Morgan fingerprint density at radius 1 is 1.06 bits per heavy atom. The molecule has 16 heavy (non-hydrogen) atoms. The van der Waals surface area contributed by atoms with Gasteiger partial charge >= 0.3 is 0 Å². The zero-order valence-electron chi connectivity index (χ0n) is 9.58. The average molecular weight is 226 g/mol. The maximum atomic E-state index is 2.35. The second-order valence-corrected chi connectivity index (χ2v) is 5.71. The molecule has 2 aromatic rings. The van der Waals surface area contributed by atoms with E-state index >= 15 is 0 Å². The fraction of sp³-hybridized carbons (Fsp3) is 0.200. The molecule has 1 aliphatic carbocycles. The molecular weight excluding hydrogens is 212 g/mol. The Kier molecular flexibility index (Phi) is 2.22. The van der Waals surface area contributed by atoms with Crippen LogP contribution in [0.2, 0.25) is 0 Å². The van der Waals surface area contributed by atoms with E-state index in [9.17, 15) is 0 Å². The predicted molar refractivity (Wildman–Crippen MR) is 71.8 cm³/mol. The standard InChI is InChI=1S/C15H14S/c1-10-8-13-14(9-10)16-11(2)15(13)12-6-4-3-5-7-12/h3-8H,9H2,1-2H3. The Labute approximate surface area is 100 Å². The van der Waals surface area contributed by atoms with Crippen LogP contribution in [0.5, 0.6) is 0 Å². The van der Waals surface area contributed by atoms with Crippen molar-refractivity contribution in [3.63, 3.8) is 0 Å². The number of rotatable bonds is 1. The highest BCUT2D eigenvalue weighted by atomic mass is 32.1. The lowest BCUT2D eigenvalue weighted by atomic mass is 10.0. The Hall–Kier alpha value is -1.34. The van der Waals surface area contributed by atoms with Gasteiger partial charge in [-0.25, -0.2) is 0 Å². The Morgan fingerprint density at radius 2 is 1.81 bits per heavy atom. The third kappa shape index (κ3) is 1.43. The molecule has 0 amide bonds. The highest BCUT2D eigenvalue weighted by Crippen LogP contribution is 2.41. The molecule has 0 atom stereocenters. The summed E-state index contributed by atoms with van der Waals surface area (Å²) in [7, 11) is 0. The lowest BCUT2D eigenvalue weighted by Crippen LogP contribution is -1.79. The smallest absolute Gasteiger partial charge is 0.0167 e. The molecule has 0 N–H and O–H groups in total. The molecule has 1 aliphatic rings. The van der Waals surface area contributed by atoms with Crippen molar-refractivity contribution >= 4 is 17.4 Å². The quantitative estimate of drug-likeness (QED) is 0.662. The summed E-state index contributed by atoms with van der Waals surface area (Å²) in [5, 5.41) is 0. The maximum absolute atomic E-state index is 2.35. The maximum Gasteiger partial charge on any atom is 0.0167 e. The highest BCUT2D eigenvalue weighted by Gasteiger charge is 2.19. The second kappa shape index (κ2) is 3.60. The summed E-state index contributed by atoms with van der Waals surface area (Å²) in [6, 6.07) is 10.7. The van der Waals surface area contributed by atoms with E-state index in [1.165, 1.54) is 32.0 Å². The zero-order valence-corrected chi connectivity index (χ0v) is 10.4. The van der Waals surface area contributed by atoms with Crippen LogP contribution in [0.25, 0.3) is 17.2 Å². The van der Waals surface area contributed by atoms with Crippen LogP contribution in [0.1, 0.15) is 22.2 Å². The van der Waals surface area contributed by atoms with E-state index in [2.05, 4.69) is 50.3 Å². The minimum atomic E-state index is 1.15. The van der Waals surface area contributed by atoms with E-state index in [4.69, 9.17) is 0 Å². The topological polar surface area (TPSA) is 0 Å². The second-order valence-electron chi connectivity index (χ2n) is 4.40. The molecule has 1 heteroatoms. The molecule has 1 aromatic carbocycles. The van der Waals surface area contributed by atoms with E-state index in [-0.39, 0.29) is 0 Å². The van der Waals surface area contributed by atoms with Gasteiger partial charge in [-0.3, -0.25) is 0 Å². The van der Waals surface area contributed by atoms with E-state index in [1.807, 2.05) is 11.3 Å². The van der Waals surface area contributed by atoms with E-state index in [1.54, 1.807) is 0 Å². The van der Waals surface area contributed by atoms with Crippen molar-refractivity contribution < 1.29 is 0 Å². The van der Waals surface area contributed by atoms with Crippen LogP contribution in [0.15, 0.2) is 35.9 Å². The Balaban J connectivity index is 2.22. The van der Waals surface area contributed by atoms with Gasteiger partial charge in [0.05, 0.1) is 0 Å². The van der Waals surface area contributed by atoms with Crippen LogP contribution in [0, 0.1) is 6.92 Å². The molecule has 3 rings (SSSR count). The van der Waals surface area contributed by atoms with Gasteiger partial charge in [-0.05, 0) is 25.0 Å². The van der Waals surface area contributed by atoms with Gasteiger partial charge in [0.2, 0.25) is 0 Å². The first-order valence-electron chi connectivity index (χ1n) is 5.60. The molecule has 0 nitrogen and oxygen atoms in total. The van der Waals surface area contributed by atoms with Crippen LogP contribution in [-0.4, -0.2) is 0 Å². The summed E-state index contributed by atoms with van der Waals surface area (Å²) in [6.45, 7) is 4.45. The van der Waals surface area contributed by atoms with Crippen molar-refractivity contribution in [1.29, 1.82) is 0 Å². The lowest BCUT2D eigenvalue weighted by Gasteiger charge is -2.02. The summed E-state index contributed by atoms with van der Waals surface area (Å²) in [5.41, 5.74) is 5.74. The number of fused-ring (bicyclic) bond motifs is 1. The van der Waals surface area contributed by atoms with Crippen molar-refractivity contribution in [3.8, 4) is 11.1 Å². The first-order valence-corrected chi connectivity index (χ1v) is 6.42. The third-order valence-electron chi connectivity index (χ3n) is 3.09. The Morgan fingerprint density at radius 3 is 2.56 bits per heavy atom. The minimum absolute atomic E-state index is 1.15. The molecule has 0 bridgehead atoms. The molecule has 80 valence electrons. The van der Waals surface area contributed by atoms with Gasteiger partial charge in [0.15, 0.2) is 0 Å². The summed E-state index contributed by atoms with van der Waals surface area (Å²) >= 11 is 1.95. The fourth-order valence-corrected chi connectivity index (χ4v) is 3.69. The van der Waals surface area contributed by atoms with Crippen molar-refractivity contribution in [2.75, 3.05) is 0 Å². The molecule has 0 unspecified atom stereocenters. The fourth-order valence-electron chi connectivity index (χ4n) is 2.42. The van der Waals surface area contributed by atoms with Crippen LogP contribution >= 0.6 is 11.3 Å². The zero-order chi connectivity index (χ0) is 11.1. The lowest BCUT2D eigenvalue weighted by molar-refractivity contribution is 1.24. The largest absolute Gasteiger partial charge is 0.144 e. The van der Waals surface area contributed by atoms with Crippen molar-refractivity contribution in [2.24, 2.45) is 0 Å². The number of hydrogen-bond donors (Lipinski definition) is 0. The molecule has 0 saturated heterocycles. The van der Waals surface area contributed by atoms with Crippen molar-refractivity contribution in [3.05, 3.63) is 51.2 Å². The third-order valence-corrected chi connectivity index (χ3v) is 4.21. The minimum Gasteiger partial charge on any atom is -0.144 e. The number of aryl methyl sites for hydroxylation is 1. The molecule has 1 aromatic heterocycles. The highest BCUT2D eigenvalue weighted by molar-refractivity contribution is 7.12. The molecule has 0 saturated carbocycles. The van der Waals surface area contributed by atoms with Gasteiger partial charge in [0, 0.05) is 21.7 Å². The van der Waals surface area contributed by atoms with Crippen LogP contribution < -0.4 is 0 Å². The van der Waals surface area contributed by atoms with Gasteiger partial charge in [-0.1, -0.05) is 42.0 Å². The van der Waals surface area contributed by atoms with Gasteiger partial charge in [0.25, 0.3) is 0 Å². The Bertz CT molecular complexity index is 559. The number of hydrogen-bond acceptors (Lipinski definition) is 1. The number of benzene rings is 1. The first-order chi connectivity index (χ1) is 7.75. The summed E-state index contributed by atoms with van der Waals surface area (Å²) < 4.78 is 0. The van der Waals surface area contributed by atoms with Crippen LogP contribution in [0.3, 0.4) is 0 Å². The van der Waals surface area contributed by atoms with E-state index < -0.39 is 0 Å². The summed E-state index contributed by atoms with van der Waals surface area (Å²) in [4.78, 5) is 2.98. The SMILES string of the molecule is CC1=Cc2c(sc(C)c2-c2ccccc2)C1. The number of allylic oxidation sites excluding steroid dienone is 1. The number of thiophene rings is 1. The van der Waals surface area contributed by atoms with Gasteiger partial charge in [-0.2, -0.15) is 0 Å². The summed E-state index contributed by atoms with van der Waals surface area (Å²) in [5.74, 6) is 0. The van der Waals surface area contributed by atoms with Crippen LogP contribution in [0.4, 0.5) is 0 Å². The summed E-state index contributed by atoms with van der Waals surface area (Å²) in [6.07, 6.45) is 3.49. The average Bonchev–Trinajstić information content (AvgIpc) is 2.74. The molecule has 0 radical (unpaired) electrons. The van der Waals surface area contributed by atoms with Gasteiger partial charge in [-0.15, -0.1) is 11.3 Å². The van der Waals surface area contributed by atoms with Crippen molar-refractivity contribution in [2.45, 2.75) is 20.3 Å². The first kappa shape index (κ1) is 9.86. The van der Waals surface area contributed by atoms with Crippen molar-refractivity contribution in [1.82, 2.24) is 0 Å². The van der Waals surface area contributed by atoms with Crippen LogP contribution in [-0.2, 0) is 6.42 Å².